The van der Waals surface area contributed by atoms with Gasteiger partial charge in [-0.05, 0) is 31.5 Å². The van der Waals surface area contributed by atoms with Crippen LogP contribution in [0.25, 0.3) is 0 Å². The molecule has 9 heteroatoms. The van der Waals surface area contributed by atoms with Crippen molar-refractivity contribution in [1.29, 1.82) is 0 Å². The number of aryl methyl sites for hydroxylation is 1. The Labute approximate surface area is 191 Å². The molecule has 0 saturated carbocycles. The molecule has 0 saturated heterocycles. The van der Waals surface area contributed by atoms with Crippen molar-refractivity contribution in [3.8, 4) is 0 Å². The topological polar surface area (TPSA) is 123 Å². The maximum absolute atomic E-state index is 12.7. The third-order valence-corrected chi connectivity index (χ3v) is 4.83. The van der Waals surface area contributed by atoms with Crippen molar-refractivity contribution in [3.63, 3.8) is 0 Å². The van der Waals surface area contributed by atoms with E-state index in [2.05, 4.69) is 16.0 Å². The smallest absolute Gasteiger partial charge is 0.338 e. The Balaban J connectivity index is 1.71. The molecule has 1 heterocycles. The van der Waals surface area contributed by atoms with Crippen LogP contribution in [0.1, 0.15) is 34.5 Å². The number of hydrogen-bond acceptors (Lipinski definition) is 6. The van der Waals surface area contributed by atoms with E-state index in [0.29, 0.717) is 11.1 Å². The molecule has 0 radical (unpaired) electrons. The van der Waals surface area contributed by atoms with Gasteiger partial charge < -0.3 is 25.4 Å². The monoisotopic (exact) mass is 451 g/mol. The van der Waals surface area contributed by atoms with Gasteiger partial charge in [-0.1, -0.05) is 48.0 Å². The second-order valence-electron chi connectivity index (χ2n) is 7.27. The molecule has 1 aliphatic heterocycles. The Morgan fingerprint density at radius 2 is 1.79 bits per heavy atom. The van der Waals surface area contributed by atoms with Gasteiger partial charge in [0, 0.05) is 5.56 Å². The van der Waals surface area contributed by atoms with E-state index in [1.807, 2.05) is 19.1 Å². The van der Waals surface area contributed by atoms with Gasteiger partial charge >= 0.3 is 18.0 Å². The number of carbonyl (C=O) groups excluding carboxylic acids is 4. The molecule has 3 N–H and O–H groups in total. The van der Waals surface area contributed by atoms with Crippen molar-refractivity contribution >= 4 is 23.9 Å². The summed E-state index contributed by atoms with van der Waals surface area (Å²) in [4.78, 5) is 49.3. The lowest BCUT2D eigenvalue weighted by Gasteiger charge is -2.29. The molecular weight excluding hydrogens is 426 g/mol. The predicted octanol–water partition coefficient (Wildman–Crippen LogP) is 2.14. The first kappa shape index (κ1) is 23.5. The number of hydrogen-bond donors (Lipinski definition) is 3. The Morgan fingerprint density at radius 1 is 1.03 bits per heavy atom. The summed E-state index contributed by atoms with van der Waals surface area (Å²) in [6.45, 7) is 2.92. The highest BCUT2D eigenvalue weighted by Crippen LogP contribution is 2.27. The van der Waals surface area contributed by atoms with Gasteiger partial charge in [0.1, 0.15) is 13.2 Å². The summed E-state index contributed by atoms with van der Waals surface area (Å²) in [6, 6.07) is 14.5. The van der Waals surface area contributed by atoms with Gasteiger partial charge in [-0.15, -0.1) is 0 Å². The van der Waals surface area contributed by atoms with Crippen molar-refractivity contribution in [2.45, 2.75) is 19.9 Å². The maximum Gasteiger partial charge on any atom is 0.338 e. The summed E-state index contributed by atoms with van der Waals surface area (Å²) in [7, 11) is 0. The van der Waals surface area contributed by atoms with E-state index < -0.39 is 29.9 Å². The van der Waals surface area contributed by atoms with Gasteiger partial charge in [-0.25, -0.2) is 9.59 Å². The molecule has 2 aromatic rings. The van der Waals surface area contributed by atoms with Crippen molar-refractivity contribution in [2.24, 2.45) is 0 Å². The molecule has 3 amide bonds. The number of ether oxygens (including phenoxy) is 2. The summed E-state index contributed by atoms with van der Waals surface area (Å²) in [5, 5.41) is 7.71. The zero-order valence-electron chi connectivity index (χ0n) is 18.3. The quantitative estimate of drug-likeness (QED) is 0.529. The SMILES string of the molecule is CCOC(=O)C1=C(COC(=O)CNC(=O)c2cccc(C)c2)NC(=O)N[C@H]1c1ccccc1. The number of amides is 3. The first-order valence-electron chi connectivity index (χ1n) is 10.4. The van der Waals surface area contributed by atoms with E-state index in [-0.39, 0.29) is 31.0 Å². The lowest BCUT2D eigenvalue weighted by Crippen LogP contribution is -2.47. The highest BCUT2D eigenvalue weighted by molar-refractivity contribution is 5.96. The summed E-state index contributed by atoms with van der Waals surface area (Å²) in [6.07, 6.45) is 0. The highest BCUT2D eigenvalue weighted by atomic mass is 16.5. The fraction of sp³-hybridized carbons (Fsp3) is 0.250. The minimum absolute atomic E-state index is 0.115. The van der Waals surface area contributed by atoms with Gasteiger partial charge in [0.25, 0.3) is 5.91 Å². The largest absolute Gasteiger partial charge is 0.463 e. The number of esters is 2. The molecule has 172 valence electrons. The van der Waals surface area contributed by atoms with Crippen LogP contribution in [-0.2, 0) is 19.1 Å². The van der Waals surface area contributed by atoms with Crippen LogP contribution >= 0.6 is 0 Å². The normalized spacial score (nSPS) is 15.2. The minimum atomic E-state index is -0.770. The molecule has 3 rings (SSSR count). The van der Waals surface area contributed by atoms with Crippen molar-refractivity contribution in [1.82, 2.24) is 16.0 Å². The van der Waals surface area contributed by atoms with E-state index in [1.54, 1.807) is 49.4 Å². The van der Waals surface area contributed by atoms with Crippen molar-refractivity contribution in [3.05, 3.63) is 82.6 Å². The zero-order valence-corrected chi connectivity index (χ0v) is 18.3. The second kappa shape index (κ2) is 10.9. The van der Waals surface area contributed by atoms with Gasteiger partial charge in [0.2, 0.25) is 0 Å². The van der Waals surface area contributed by atoms with E-state index in [0.717, 1.165) is 5.56 Å². The van der Waals surface area contributed by atoms with Crippen LogP contribution in [0.4, 0.5) is 4.79 Å². The molecule has 0 unspecified atom stereocenters. The molecule has 1 atom stereocenters. The average Bonchev–Trinajstić information content (AvgIpc) is 2.81. The molecule has 0 spiro atoms. The molecule has 1 aliphatic rings. The molecule has 0 bridgehead atoms. The predicted molar refractivity (Wildman–Crippen MR) is 119 cm³/mol. The number of urea groups is 1. The number of benzene rings is 2. The van der Waals surface area contributed by atoms with Gasteiger partial charge in [-0.3, -0.25) is 9.59 Å². The first-order chi connectivity index (χ1) is 15.9. The van der Waals surface area contributed by atoms with Gasteiger partial charge in [0.05, 0.1) is 23.9 Å². The average molecular weight is 451 g/mol. The molecule has 0 fully saturated rings. The number of carbonyl (C=O) groups is 4. The van der Waals surface area contributed by atoms with E-state index in [9.17, 15) is 19.2 Å². The van der Waals surface area contributed by atoms with Crippen LogP contribution in [0.15, 0.2) is 65.9 Å². The van der Waals surface area contributed by atoms with E-state index in [1.165, 1.54) is 0 Å². The Morgan fingerprint density at radius 3 is 2.48 bits per heavy atom. The van der Waals surface area contributed by atoms with Crippen LogP contribution in [0, 0.1) is 6.92 Å². The number of nitrogens with one attached hydrogen (secondary N) is 3. The fourth-order valence-corrected chi connectivity index (χ4v) is 3.32. The molecule has 0 aliphatic carbocycles. The summed E-state index contributed by atoms with van der Waals surface area (Å²) >= 11 is 0. The zero-order chi connectivity index (χ0) is 23.8. The van der Waals surface area contributed by atoms with Crippen molar-refractivity contribution in [2.75, 3.05) is 19.8 Å². The summed E-state index contributed by atoms with van der Waals surface area (Å²) in [5.41, 5.74) is 2.26. The van der Waals surface area contributed by atoms with Crippen LogP contribution in [0.3, 0.4) is 0 Å². The van der Waals surface area contributed by atoms with Crippen LogP contribution in [0.5, 0.6) is 0 Å². The standard InChI is InChI=1S/C24H25N3O6/c1-3-32-23(30)20-18(26-24(31)27-21(20)16-9-5-4-6-10-16)14-33-19(28)13-25-22(29)17-11-7-8-15(2)12-17/h4-12,21H,3,13-14H2,1-2H3,(H,25,29)(H2,26,27,31)/t21-/m0/s1. The lowest BCUT2D eigenvalue weighted by atomic mass is 9.95. The molecule has 9 nitrogen and oxygen atoms in total. The molecule has 33 heavy (non-hydrogen) atoms. The summed E-state index contributed by atoms with van der Waals surface area (Å²) < 4.78 is 10.4. The van der Waals surface area contributed by atoms with Gasteiger partial charge in [-0.2, -0.15) is 0 Å². The first-order valence-corrected chi connectivity index (χ1v) is 10.4. The lowest BCUT2D eigenvalue weighted by molar-refractivity contribution is -0.142. The van der Waals surface area contributed by atoms with Crippen LogP contribution < -0.4 is 16.0 Å². The van der Waals surface area contributed by atoms with Crippen molar-refractivity contribution < 1.29 is 28.7 Å². The summed E-state index contributed by atoms with van der Waals surface area (Å²) in [5.74, 6) is -1.78. The van der Waals surface area contributed by atoms with Crippen LogP contribution in [-0.4, -0.2) is 43.6 Å². The van der Waals surface area contributed by atoms with Gasteiger partial charge in [0.15, 0.2) is 0 Å². The van der Waals surface area contributed by atoms with Crippen LogP contribution in [0.2, 0.25) is 0 Å². The minimum Gasteiger partial charge on any atom is -0.463 e. The fourth-order valence-electron chi connectivity index (χ4n) is 3.32. The Bertz CT molecular complexity index is 1080. The Kier molecular flexibility index (Phi) is 7.80. The maximum atomic E-state index is 12.7. The third kappa shape index (κ3) is 6.19. The molecular formula is C24H25N3O6. The van der Waals surface area contributed by atoms with E-state index in [4.69, 9.17) is 9.47 Å². The van der Waals surface area contributed by atoms with E-state index >= 15 is 0 Å². The Hall–Kier alpha value is -4.14. The molecule has 2 aromatic carbocycles. The second-order valence-corrected chi connectivity index (χ2v) is 7.27. The third-order valence-electron chi connectivity index (χ3n) is 4.83. The molecule has 0 aromatic heterocycles. The highest BCUT2D eigenvalue weighted by Gasteiger charge is 2.34. The number of rotatable bonds is 8.